The molecule has 1 saturated heterocycles. The molecule has 0 radical (unpaired) electrons. The first-order valence-electron chi connectivity index (χ1n) is 5.94. The second kappa shape index (κ2) is 4.47. The zero-order chi connectivity index (χ0) is 11.0. The van der Waals surface area contributed by atoms with Gasteiger partial charge in [0, 0.05) is 17.6 Å². The van der Waals surface area contributed by atoms with Crippen molar-refractivity contribution in [3.8, 4) is 0 Å². The van der Waals surface area contributed by atoms with E-state index >= 15 is 0 Å². The maximum atomic E-state index is 6.17. The fourth-order valence-corrected chi connectivity index (χ4v) is 2.73. The zero-order valence-electron chi connectivity index (χ0n) is 9.16. The average Bonchev–Trinajstić information content (AvgIpc) is 3.13. The van der Waals surface area contributed by atoms with E-state index in [9.17, 15) is 0 Å². The summed E-state index contributed by atoms with van der Waals surface area (Å²) in [6, 6.07) is 8.43. The minimum atomic E-state index is 0.219. The van der Waals surface area contributed by atoms with Crippen LogP contribution in [0.25, 0.3) is 0 Å². The fourth-order valence-electron chi connectivity index (χ4n) is 2.31. The van der Waals surface area contributed by atoms with Gasteiger partial charge in [0.1, 0.15) is 0 Å². The molecule has 1 saturated carbocycles. The average molecular weight is 282 g/mol. The van der Waals surface area contributed by atoms with Crippen molar-refractivity contribution in [2.24, 2.45) is 5.92 Å². The molecular weight excluding hydrogens is 266 g/mol. The lowest BCUT2D eigenvalue weighted by Gasteiger charge is -2.31. The second-order valence-corrected chi connectivity index (χ2v) is 5.63. The van der Waals surface area contributed by atoms with Crippen molar-refractivity contribution in [1.82, 2.24) is 5.32 Å². The lowest BCUT2D eigenvalue weighted by atomic mass is 10.1. The minimum absolute atomic E-state index is 0.219. The Bertz CT molecular complexity index is 378. The standard InChI is InChI=1S/C13H16BrNO/c14-11-3-1-2-10(6-11)13-8-15-7-12(16-13)9-4-5-9/h1-3,6,9,12-13,15H,4-5,7-8H2. The monoisotopic (exact) mass is 281 g/mol. The van der Waals surface area contributed by atoms with E-state index in [1.807, 2.05) is 0 Å². The topological polar surface area (TPSA) is 21.3 Å². The number of nitrogens with one attached hydrogen (secondary N) is 1. The van der Waals surface area contributed by atoms with E-state index in [0.717, 1.165) is 23.5 Å². The van der Waals surface area contributed by atoms with Crippen LogP contribution < -0.4 is 5.32 Å². The Morgan fingerprint density at radius 3 is 2.88 bits per heavy atom. The Kier molecular flexibility index (Phi) is 3.01. The molecule has 1 aromatic rings. The Balaban J connectivity index is 1.73. The van der Waals surface area contributed by atoms with Crippen molar-refractivity contribution in [2.75, 3.05) is 13.1 Å². The number of ether oxygens (including phenoxy) is 1. The first-order chi connectivity index (χ1) is 7.83. The third-order valence-corrected chi connectivity index (χ3v) is 3.88. The van der Waals surface area contributed by atoms with Crippen LogP contribution in [0.5, 0.6) is 0 Å². The van der Waals surface area contributed by atoms with Gasteiger partial charge in [0.2, 0.25) is 0 Å². The van der Waals surface area contributed by atoms with E-state index < -0.39 is 0 Å². The van der Waals surface area contributed by atoms with E-state index in [0.29, 0.717) is 6.10 Å². The molecule has 1 heterocycles. The van der Waals surface area contributed by atoms with Gasteiger partial charge in [-0.3, -0.25) is 0 Å². The second-order valence-electron chi connectivity index (χ2n) is 4.71. The Morgan fingerprint density at radius 2 is 2.12 bits per heavy atom. The molecule has 2 aliphatic rings. The summed E-state index contributed by atoms with van der Waals surface area (Å²) in [5.41, 5.74) is 1.27. The van der Waals surface area contributed by atoms with Crippen molar-refractivity contribution >= 4 is 15.9 Å². The molecule has 3 heteroatoms. The lowest BCUT2D eigenvalue weighted by Crippen LogP contribution is -2.41. The number of hydrogen-bond donors (Lipinski definition) is 1. The van der Waals surface area contributed by atoms with Gasteiger partial charge in [0.05, 0.1) is 12.2 Å². The van der Waals surface area contributed by atoms with Gasteiger partial charge in [-0.2, -0.15) is 0 Å². The van der Waals surface area contributed by atoms with Gasteiger partial charge in [-0.15, -0.1) is 0 Å². The van der Waals surface area contributed by atoms with Crippen LogP contribution in [0, 0.1) is 5.92 Å². The first kappa shape index (κ1) is 10.8. The van der Waals surface area contributed by atoms with Crippen LogP contribution in [-0.4, -0.2) is 19.2 Å². The highest BCUT2D eigenvalue weighted by Crippen LogP contribution is 2.37. The van der Waals surface area contributed by atoms with Crippen LogP contribution in [0.2, 0.25) is 0 Å². The van der Waals surface area contributed by atoms with Gasteiger partial charge in [-0.05, 0) is 36.5 Å². The van der Waals surface area contributed by atoms with Crippen LogP contribution in [0.15, 0.2) is 28.7 Å². The summed E-state index contributed by atoms with van der Waals surface area (Å²) in [4.78, 5) is 0. The minimum Gasteiger partial charge on any atom is -0.367 e. The highest BCUT2D eigenvalue weighted by molar-refractivity contribution is 9.10. The maximum Gasteiger partial charge on any atom is 0.0954 e. The van der Waals surface area contributed by atoms with Gasteiger partial charge in [0.25, 0.3) is 0 Å². The summed E-state index contributed by atoms with van der Waals surface area (Å²) in [5.74, 6) is 0.808. The van der Waals surface area contributed by atoms with Gasteiger partial charge in [0.15, 0.2) is 0 Å². The molecule has 3 rings (SSSR count). The summed E-state index contributed by atoms with van der Waals surface area (Å²) in [6.07, 6.45) is 3.34. The highest BCUT2D eigenvalue weighted by atomic mass is 79.9. The predicted molar refractivity (Wildman–Crippen MR) is 67.3 cm³/mol. The molecule has 0 aromatic heterocycles. The van der Waals surface area contributed by atoms with Gasteiger partial charge in [-0.25, -0.2) is 0 Å². The van der Waals surface area contributed by atoms with E-state index in [1.54, 1.807) is 0 Å². The third-order valence-electron chi connectivity index (χ3n) is 3.38. The lowest BCUT2D eigenvalue weighted by molar-refractivity contribution is -0.0493. The Labute approximate surface area is 105 Å². The summed E-state index contributed by atoms with van der Waals surface area (Å²) in [6.45, 7) is 1.95. The molecule has 1 N–H and O–H groups in total. The number of benzene rings is 1. The zero-order valence-corrected chi connectivity index (χ0v) is 10.7. The largest absolute Gasteiger partial charge is 0.367 e. The molecule has 86 valence electrons. The van der Waals surface area contributed by atoms with E-state index in [1.165, 1.54) is 18.4 Å². The molecule has 0 spiro atoms. The summed E-state index contributed by atoms with van der Waals surface area (Å²) >= 11 is 3.51. The van der Waals surface area contributed by atoms with Crippen molar-refractivity contribution in [1.29, 1.82) is 0 Å². The van der Waals surface area contributed by atoms with Crippen LogP contribution in [0.3, 0.4) is 0 Å². The molecule has 2 nitrogen and oxygen atoms in total. The molecule has 1 aliphatic carbocycles. The fraction of sp³-hybridized carbons (Fsp3) is 0.538. The number of rotatable bonds is 2. The SMILES string of the molecule is Brc1cccc(C2CNCC(C3CC3)O2)c1. The van der Waals surface area contributed by atoms with Crippen molar-refractivity contribution in [3.63, 3.8) is 0 Å². The van der Waals surface area contributed by atoms with Crippen molar-refractivity contribution < 1.29 is 4.74 Å². The van der Waals surface area contributed by atoms with Crippen molar-refractivity contribution in [3.05, 3.63) is 34.3 Å². The predicted octanol–water partition coefficient (Wildman–Crippen LogP) is 2.89. The van der Waals surface area contributed by atoms with Crippen molar-refractivity contribution in [2.45, 2.75) is 25.0 Å². The molecule has 2 unspecified atom stereocenters. The highest BCUT2D eigenvalue weighted by Gasteiger charge is 2.35. The quantitative estimate of drug-likeness (QED) is 0.900. The Hall–Kier alpha value is -0.380. The maximum absolute atomic E-state index is 6.17. The van der Waals surface area contributed by atoms with Gasteiger partial charge >= 0.3 is 0 Å². The summed E-state index contributed by atoms with van der Waals surface area (Å²) in [5, 5.41) is 3.48. The van der Waals surface area contributed by atoms with E-state index in [2.05, 4.69) is 45.5 Å². The summed E-state index contributed by atoms with van der Waals surface area (Å²) < 4.78 is 7.30. The molecule has 2 fully saturated rings. The Morgan fingerprint density at radius 1 is 1.25 bits per heavy atom. The van der Waals surface area contributed by atoms with Gasteiger partial charge < -0.3 is 10.1 Å². The molecule has 1 aromatic carbocycles. The number of hydrogen-bond acceptors (Lipinski definition) is 2. The smallest absolute Gasteiger partial charge is 0.0954 e. The number of morpholine rings is 1. The molecular formula is C13H16BrNO. The van der Waals surface area contributed by atoms with E-state index in [4.69, 9.17) is 4.74 Å². The van der Waals surface area contributed by atoms with Crippen LogP contribution in [0.1, 0.15) is 24.5 Å². The normalized spacial score (nSPS) is 30.3. The van der Waals surface area contributed by atoms with Crippen LogP contribution >= 0.6 is 15.9 Å². The van der Waals surface area contributed by atoms with E-state index in [-0.39, 0.29) is 6.10 Å². The van der Waals surface area contributed by atoms with Gasteiger partial charge in [-0.1, -0.05) is 28.1 Å². The molecule has 2 atom stereocenters. The molecule has 16 heavy (non-hydrogen) atoms. The molecule has 0 bridgehead atoms. The van der Waals surface area contributed by atoms with Crippen LogP contribution in [-0.2, 0) is 4.74 Å². The summed E-state index contributed by atoms with van der Waals surface area (Å²) in [7, 11) is 0. The van der Waals surface area contributed by atoms with Crippen LogP contribution in [0.4, 0.5) is 0 Å². The molecule has 1 aliphatic heterocycles. The number of halogens is 1. The first-order valence-corrected chi connectivity index (χ1v) is 6.74. The third kappa shape index (κ3) is 2.31. The molecule has 0 amide bonds.